The second-order valence-electron chi connectivity index (χ2n) is 10.3. The van der Waals surface area contributed by atoms with Crippen LogP contribution in [0.1, 0.15) is 49.4 Å². The number of thiazole rings is 1. The van der Waals surface area contributed by atoms with Gasteiger partial charge in [0.25, 0.3) is 11.5 Å². The van der Waals surface area contributed by atoms with Crippen LogP contribution in [0, 0.1) is 0 Å². The molecule has 3 heterocycles. The quantitative estimate of drug-likeness (QED) is 0.281. The summed E-state index contributed by atoms with van der Waals surface area (Å²) in [6.07, 6.45) is 1.27. The van der Waals surface area contributed by atoms with Gasteiger partial charge in [-0.1, -0.05) is 85.3 Å². The number of rotatable bonds is 8. The summed E-state index contributed by atoms with van der Waals surface area (Å²) in [5, 5.41) is 0. The Kier molecular flexibility index (Phi) is 7.82. The number of carbonyl (C=O) groups is 2. The number of esters is 1. The average molecular weight is 594 g/mol. The molecule has 8 nitrogen and oxygen atoms in total. The zero-order valence-electron chi connectivity index (χ0n) is 24.2. The molecule has 218 valence electrons. The molecule has 0 bridgehead atoms. The van der Waals surface area contributed by atoms with E-state index in [2.05, 4.69) is 0 Å². The molecule has 1 atom stereocenters. The number of aromatic nitrogens is 1. The van der Waals surface area contributed by atoms with Crippen LogP contribution in [0.2, 0.25) is 0 Å². The highest BCUT2D eigenvalue weighted by molar-refractivity contribution is 7.07. The van der Waals surface area contributed by atoms with Gasteiger partial charge in [-0.15, -0.1) is 0 Å². The minimum atomic E-state index is -0.798. The van der Waals surface area contributed by atoms with Crippen LogP contribution in [0.3, 0.4) is 0 Å². The maximum Gasteiger partial charge on any atom is 0.338 e. The van der Waals surface area contributed by atoms with Crippen molar-refractivity contribution in [2.45, 2.75) is 39.3 Å². The third-order valence-corrected chi connectivity index (χ3v) is 8.66. The van der Waals surface area contributed by atoms with Crippen molar-refractivity contribution in [3.05, 3.63) is 127 Å². The number of ether oxygens (including phenoxy) is 2. The first-order chi connectivity index (χ1) is 21.0. The number of hydrogen-bond donors (Lipinski definition) is 0. The third kappa shape index (κ3) is 4.99. The van der Waals surface area contributed by atoms with Gasteiger partial charge in [0.1, 0.15) is 10.3 Å². The molecule has 2 aliphatic rings. The molecule has 43 heavy (non-hydrogen) atoms. The molecule has 2 aliphatic heterocycles. The van der Waals surface area contributed by atoms with E-state index in [9.17, 15) is 14.4 Å². The van der Waals surface area contributed by atoms with Crippen LogP contribution in [0.15, 0.2) is 99.9 Å². The largest absolute Gasteiger partial charge is 0.497 e. The number of nitrogens with zero attached hydrogens (tertiary/aromatic N) is 3. The number of methoxy groups -OCH3 is 1. The van der Waals surface area contributed by atoms with E-state index in [0.717, 1.165) is 17.7 Å². The fraction of sp³-hybridized carbons (Fsp3) is 0.235. The Hall–Kier alpha value is -4.76. The molecule has 6 rings (SSSR count). The van der Waals surface area contributed by atoms with E-state index < -0.39 is 12.0 Å². The lowest BCUT2D eigenvalue weighted by atomic mass is 9.94. The number of amides is 1. The molecule has 0 fully saturated rings. The zero-order chi connectivity index (χ0) is 30.1. The van der Waals surface area contributed by atoms with Crippen LogP contribution >= 0.6 is 11.3 Å². The highest BCUT2D eigenvalue weighted by Gasteiger charge is 2.38. The van der Waals surface area contributed by atoms with Crippen LogP contribution in [-0.2, 0) is 20.9 Å². The lowest BCUT2D eigenvalue weighted by Crippen LogP contribution is -2.41. The van der Waals surface area contributed by atoms with Gasteiger partial charge in [0.05, 0.1) is 48.8 Å². The Bertz CT molecular complexity index is 1940. The van der Waals surface area contributed by atoms with Gasteiger partial charge in [-0.25, -0.2) is 9.79 Å². The summed E-state index contributed by atoms with van der Waals surface area (Å²) in [5.74, 6) is -0.167. The first-order valence-electron chi connectivity index (χ1n) is 14.3. The number of benzene rings is 3. The Morgan fingerprint density at radius 1 is 0.977 bits per heavy atom. The Morgan fingerprint density at radius 2 is 1.74 bits per heavy atom. The summed E-state index contributed by atoms with van der Waals surface area (Å²) in [6.45, 7) is 4.32. The second kappa shape index (κ2) is 11.9. The van der Waals surface area contributed by atoms with Crippen LogP contribution in [0.25, 0.3) is 5.57 Å². The molecule has 3 aromatic carbocycles. The van der Waals surface area contributed by atoms with Crippen molar-refractivity contribution in [2.75, 3.05) is 18.6 Å². The molecule has 0 saturated carbocycles. The maximum atomic E-state index is 14.5. The van der Waals surface area contributed by atoms with E-state index in [-0.39, 0.29) is 18.1 Å². The molecule has 0 unspecified atom stereocenters. The number of fused-ring (bicyclic) bond motifs is 2. The molecule has 1 aromatic heterocycles. The van der Waals surface area contributed by atoms with Gasteiger partial charge in [-0.2, -0.15) is 0 Å². The number of para-hydroxylation sites is 1. The molecular formula is C34H31N3O5S. The van der Waals surface area contributed by atoms with Crippen molar-refractivity contribution in [3.8, 4) is 5.75 Å². The molecule has 4 aromatic rings. The fourth-order valence-electron chi connectivity index (χ4n) is 5.72. The molecule has 1 amide bonds. The monoisotopic (exact) mass is 593 g/mol. The van der Waals surface area contributed by atoms with Crippen LogP contribution in [0.4, 0.5) is 5.69 Å². The summed E-state index contributed by atoms with van der Waals surface area (Å²) < 4.78 is 12.8. The van der Waals surface area contributed by atoms with E-state index in [4.69, 9.17) is 14.5 Å². The summed E-state index contributed by atoms with van der Waals surface area (Å²) >= 11 is 1.18. The molecule has 9 heteroatoms. The number of allylic oxidation sites excluding steroid dienone is 1. The van der Waals surface area contributed by atoms with E-state index in [0.29, 0.717) is 56.0 Å². The fourth-order valence-corrected chi connectivity index (χ4v) is 6.83. The normalized spacial score (nSPS) is 17.0. The Labute approximate surface area is 252 Å². The minimum Gasteiger partial charge on any atom is -0.497 e. The zero-order valence-corrected chi connectivity index (χ0v) is 25.0. The van der Waals surface area contributed by atoms with Gasteiger partial charge < -0.3 is 14.4 Å². The standard InChI is InChI=1S/C34H31N3O5S/c1-4-12-25-28(33(40)42-5-2)29(22-15-11-16-23(19-22)41-3)37-32(39)30(43-34(37)35-25)27-24-17-9-10-18-26(24)36(31(27)38)20-21-13-7-6-8-14-21/h6-11,13-19,29H,4-5,12,20H2,1-3H3/b30-27-/t29-/m0/s1. The average Bonchev–Trinajstić information content (AvgIpc) is 3.49. The van der Waals surface area contributed by atoms with Gasteiger partial charge in [0.2, 0.25) is 0 Å². The van der Waals surface area contributed by atoms with Crippen LogP contribution in [-0.4, -0.2) is 30.2 Å². The molecule has 0 radical (unpaired) electrons. The van der Waals surface area contributed by atoms with Gasteiger partial charge in [0, 0.05) is 5.56 Å². The highest BCUT2D eigenvalue weighted by atomic mass is 32.1. The van der Waals surface area contributed by atoms with Crippen molar-refractivity contribution in [3.63, 3.8) is 0 Å². The molecule has 0 N–H and O–H groups in total. The summed E-state index contributed by atoms with van der Waals surface area (Å²) in [6, 6.07) is 23.8. The van der Waals surface area contributed by atoms with E-state index in [1.807, 2.05) is 85.8 Å². The SMILES string of the molecule is CCCC1=C(C(=O)OCC)[C@H](c2cccc(OC)c2)n2c(s/c(=C3\C(=O)N(Cc4ccccc4)c4ccccc43)c2=O)=N1. The van der Waals surface area contributed by atoms with Crippen molar-refractivity contribution in [1.82, 2.24) is 4.57 Å². The summed E-state index contributed by atoms with van der Waals surface area (Å²) in [7, 11) is 1.57. The smallest absolute Gasteiger partial charge is 0.338 e. The number of hydrogen-bond acceptors (Lipinski definition) is 7. The van der Waals surface area contributed by atoms with Crippen molar-refractivity contribution in [2.24, 2.45) is 4.99 Å². The van der Waals surface area contributed by atoms with Gasteiger partial charge in [-0.3, -0.25) is 14.2 Å². The van der Waals surface area contributed by atoms with E-state index >= 15 is 0 Å². The first kappa shape index (κ1) is 28.4. The second-order valence-corrected chi connectivity index (χ2v) is 11.3. The predicted octanol–water partition coefficient (Wildman–Crippen LogP) is 4.50. The summed E-state index contributed by atoms with van der Waals surface area (Å²) in [4.78, 5) is 49.1. The molecule has 0 aliphatic carbocycles. The minimum absolute atomic E-state index is 0.184. The van der Waals surface area contributed by atoms with Crippen LogP contribution < -0.4 is 24.5 Å². The highest BCUT2D eigenvalue weighted by Crippen LogP contribution is 2.37. The lowest BCUT2D eigenvalue weighted by molar-refractivity contribution is -0.139. The number of anilines is 1. The maximum absolute atomic E-state index is 14.5. The Balaban J connectivity index is 1.61. The van der Waals surface area contributed by atoms with Crippen molar-refractivity contribution < 1.29 is 19.1 Å². The van der Waals surface area contributed by atoms with E-state index in [1.165, 1.54) is 15.9 Å². The first-order valence-corrected chi connectivity index (χ1v) is 15.1. The summed E-state index contributed by atoms with van der Waals surface area (Å²) in [5.41, 5.74) is 3.99. The van der Waals surface area contributed by atoms with Gasteiger partial charge >= 0.3 is 5.97 Å². The molecule has 0 saturated heterocycles. The molecular weight excluding hydrogens is 562 g/mol. The van der Waals surface area contributed by atoms with Gasteiger partial charge in [-0.05, 0) is 42.7 Å². The topological polar surface area (TPSA) is 90.2 Å². The Morgan fingerprint density at radius 3 is 2.49 bits per heavy atom. The van der Waals surface area contributed by atoms with Gasteiger partial charge in [0.15, 0.2) is 4.80 Å². The van der Waals surface area contributed by atoms with Crippen molar-refractivity contribution in [1.29, 1.82) is 0 Å². The lowest BCUT2D eigenvalue weighted by Gasteiger charge is -2.26. The van der Waals surface area contributed by atoms with E-state index in [1.54, 1.807) is 18.9 Å². The number of carbonyl (C=O) groups excluding carboxylic acids is 2. The van der Waals surface area contributed by atoms with Crippen molar-refractivity contribution >= 4 is 34.5 Å². The third-order valence-electron chi connectivity index (χ3n) is 7.61. The van der Waals surface area contributed by atoms with Crippen LogP contribution in [0.5, 0.6) is 5.75 Å². The predicted molar refractivity (Wildman–Crippen MR) is 166 cm³/mol. The molecule has 0 spiro atoms.